The quantitative estimate of drug-likeness (QED) is 0.815. The van der Waals surface area contributed by atoms with E-state index in [4.69, 9.17) is 0 Å². The summed E-state index contributed by atoms with van der Waals surface area (Å²) in [5.41, 5.74) is 2.00. The largest absolute Gasteiger partial charge is 0.316 e. The van der Waals surface area contributed by atoms with Crippen LogP contribution in [-0.4, -0.2) is 31.1 Å². The first kappa shape index (κ1) is 16.0. The molecule has 20 heavy (non-hydrogen) atoms. The maximum Gasteiger partial charge on any atom is 0.0331 e. The molecule has 1 aromatic heterocycles. The first-order chi connectivity index (χ1) is 9.65. The molecule has 0 bridgehead atoms. The minimum absolute atomic E-state index is 0.428. The van der Waals surface area contributed by atoms with Crippen LogP contribution < -0.4 is 5.32 Å². The zero-order valence-electron chi connectivity index (χ0n) is 13.5. The van der Waals surface area contributed by atoms with Gasteiger partial charge in [-0.05, 0) is 55.2 Å². The summed E-state index contributed by atoms with van der Waals surface area (Å²) in [7, 11) is 0. The molecule has 3 heteroatoms. The molecule has 114 valence electrons. The number of fused-ring (bicyclic) bond motifs is 1. The van der Waals surface area contributed by atoms with Gasteiger partial charge in [0.05, 0.1) is 0 Å². The van der Waals surface area contributed by atoms with Crippen molar-refractivity contribution in [3.05, 3.63) is 21.9 Å². The van der Waals surface area contributed by atoms with Gasteiger partial charge >= 0.3 is 0 Å². The van der Waals surface area contributed by atoms with E-state index in [2.05, 4.69) is 49.4 Å². The van der Waals surface area contributed by atoms with Crippen molar-refractivity contribution in [2.24, 2.45) is 5.41 Å². The van der Waals surface area contributed by atoms with Crippen molar-refractivity contribution in [2.75, 3.05) is 26.2 Å². The highest BCUT2D eigenvalue weighted by atomic mass is 32.1. The molecule has 0 saturated carbocycles. The number of rotatable bonds is 7. The van der Waals surface area contributed by atoms with E-state index in [1.807, 2.05) is 11.3 Å². The van der Waals surface area contributed by atoms with Crippen molar-refractivity contribution in [1.29, 1.82) is 0 Å². The number of nitrogens with zero attached hydrogens (tertiary/aromatic N) is 1. The highest BCUT2D eigenvalue weighted by Crippen LogP contribution is 2.36. The summed E-state index contributed by atoms with van der Waals surface area (Å²) >= 11 is 1.94. The van der Waals surface area contributed by atoms with Crippen LogP contribution in [0.5, 0.6) is 0 Å². The Morgan fingerprint density at radius 1 is 1.35 bits per heavy atom. The van der Waals surface area contributed by atoms with Crippen LogP contribution in [0.1, 0.15) is 57.0 Å². The Morgan fingerprint density at radius 3 is 2.75 bits per heavy atom. The predicted molar refractivity (Wildman–Crippen MR) is 89.6 cm³/mol. The molecular weight excluding hydrogens is 264 g/mol. The second kappa shape index (κ2) is 7.06. The molecule has 1 N–H and O–H groups in total. The third-order valence-corrected chi connectivity index (χ3v) is 6.19. The average molecular weight is 295 g/mol. The summed E-state index contributed by atoms with van der Waals surface area (Å²) in [4.78, 5) is 4.32. The first-order valence-electron chi connectivity index (χ1n) is 8.16. The molecule has 0 saturated heterocycles. The van der Waals surface area contributed by atoms with Crippen LogP contribution in [0.25, 0.3) is 0 Å². The normalized spacial score (nSPS) is 20.1. The molecular formula is C17H30N2S. The highest BCUT2D eigenvalue weighted by Gasteiger charge is 2.33. The van der Waals surface area contributed by atoms with Crippen molar-refractivity contribution in [1.82, 2.24) is 10.2 Å². The fourth-order valence-corrected chi connectivity index (χ4v) is 4.34. The van der Waals surface area contributed by atoms with Gasteiger partial charge in [0.1, 0.15) is 0 Å². The van der Waals surface area contributed by atoms with Crippen molar-refractivity contribution < 1.29 is 0 Å². The van der Waals surface area contributed by atoms with E-state index in [0.29, 0.717) is 11.5 Å². The summed E-state index contributed by atoms with van der Waals surface area (Å²) in [5, 5.41) is 5.85. The van der Waals surface area contributed by atoms with E-state index < -0.39 is 0 Å². The Bertz CT molecular complexity index is 409. The maximum atomic E-state index is 3.58. The lowest BCUT2D eigenvalue weighted by Crippen LogP contribution is -2.46. The second-order valence-corrected chi connectivity index (χ2v) is 7.18. The van der Waals surface area contributed by atoms with Crippen molar-refractivity contribution >= 4 is 11.3 Å². The lowest BCUT2D eigenvalue weighted by atomic mass is 9.80. The lowest BCUT2D eigenvalue weighted by molar-refractivity contribution is 0.0988. The summed E-state index contributed by atoms with van der Waals surface area (Å²) in [5.74, 6) is 0. The molecule has 0 fully saturated rings. The molecule has 1 unspecified atom stereocenters. The molecule has 2 heterocycles. The van der Waals surface area contributed by atoms with Gasteiger partial charge in [-0.15, -0.1) is 11.3 Å². The number of hydrogen-bond donors (Lipinski definition) is 1. The van der Waals surface area contributed by atoms with Gasteiger partial charge in [-0.2, -0.15) is 0 Å². The van der Waals surface area contributed by atoms with Gasteiger partial charge in [0.2, 0.25) is 0 Å². The number of nitrogens with one attached hydrogen (secondary N) is 1. The Labute approximate surface area is 128 Å². The molecule has 1 atom stereocenters. The van der Waals surface area contributed by atoms with Crippen LogP contribution in [-0.2, 0) is 6.42 Å². The number of thiophene rings is 1. The van der Waals surface area contributed by atoms with Crippen molar-refractivity contribution in [2.45, 2.75) is 53.0 Å². The Morgan fingerprint density at radius 2 is 2.10 bits per heavy atom. The third kappa shape index (κ3) is 3.26. The van der Waals surface area contributed by atoms with E-state index in [9.17, 15) is 0 Å². The lowest BCUT2D eigenvalue weighted by Gasteiger charge is -2.42. The fraction of sp³-hybridized carbons (Fsp3) is 0.765. The molecule has 0 spiro atoms. The molecule has 1 aromatic rings. The van der Waals surface area contributed by atoms with Crippen LogP contribution in [0.4, 0.5) is 0 Å². The van der Waals surface area contributed by atoms with Gasteiger partial charge in [-0.25, -0.2) is 0 Å². The SMILES string of the molecule is CCNCC(CC)(CC)CN1CCc2sccc2C1C. The van der Waals surface area contributed by atoms with Gasteiger partial charge in [0.15, 0.2) is 0 Å². The molecule has 0 aliphatic carbocycles. The third-order valence-electron chi connectivity index (χ3n) is 5.19. The van der Waals surface area contributed by atoms with Gasteiger partial charge in [0.25, 0.3) is 0 Å². The Balaban J connectivity index is 2.08. The molecule has 0 radical (unpaired) electrons. The van der Waals surface area contributed by atoms with Crippen molar-refractivity contribution in [3.63, 3.8) is 0 Å². The van der Waals surface area contributed by atoms with Crippen LogP contribution in [0, 0.1) is 5.41 Å². The molecule has 1 aliphatic rings. The van der Waals surface area contributed by atoms with E-state index >= 15 is 0 Å². The first-order valence-corrected chi connectivity index (χ1v) is 9.04. The average Bonchev–Trinajstić information content (AvgIpc) is 2.95. The minimum atomic E-state index is 0.428. The summed E-state index contributed by atoms with van der Waals surface area (Å²) < 4.78 is 0. The summed E-state index contributed by atoms with van der Waals surface area (Å²) in [6.07, 6.45) is 3.76. The maximum absolute atomic E-state index is 3.58. The van der Waals surface area contributed by atoms with E-state index in [1.54, 1.807) is 10.4 Å². The summed E-state index contributed by atoms with van der Waals surface area (Å²) in [6, 6.07) is 2.92. The van der Waals surface area contributed by atoms with Gasteiger partial charge in [0, 0.05) is 30.6 Å². The zero-order chi connectivity index (χ0) is 14.6. The van der Waals surface area contributed by atoms with E-state index in [-0.39, 0.29) is 0 Å². The van der Waals surface area contributed by atoms with E-state index in [1.165, 1.54) is 32.4 Å². The topological polar surface area (TPSA) is 15.3 Å². The number of hydrogen-bond acceptors (Lipinski definition) is 3. The highest BCUT2D eigenvalue weighted by molar-refractivity contribution is 7.10. The molecule has 1 aliphatic heterocycles. The molecule has 2 rings (SSSR count). The van der Waals surface area contributed by atoms with Crippen LogP contribution in [0.3, 0.4) is 0 Å². The van der Waals surface area contributed by atoms with Gasteiger partial charge < -0.3 is 5.32 Å². The second-order valence-electron chi connectivity index (χ2n) is 6.18. The molecule has 0 aromatic carbocycles. The fourth-order valence-electron chi connectivity index (χ4n) is 3.38. The standard InChI is InChI=1S/C17H30N2S/c1-5-17(6-2,12-18-7-3)13-19-10-8-16-15(14(19)4)9-11-20-16/h9,11,14,18H,5-8,10,12-13H2,1-4H3. The van der Waals surface area contributed by atoms with Crippen molar-refractivity contribution in [3.8, 4) is 0 Å². The monoisotopic (exact) mass is 294 g/mol. The smallest absolute Gasteiger partial charge is 0.0331 e. The van der Waals surface area contributed by atoms with E-state index in [0.717, 1.165) is 13.1 Å². The van der Waals surface area contributed by atoms with Crippen LogP contribution >= 0.6 is 11.3 Å². The zero-order valence-corrected chi connectivity index (χ0v) is 14.4. The predicted octanol–water partition coefficient (Wildman–Crippen LogP) is 4.08. The van der Waals surface area contributed by atoms with Gasteiger partial charge in [-0.1, -0.05) is 20.8 Å². The minimum Gasteiger partial charge on any atom is -0.316 e. The van der Waals surface area contributed by atoms with Gasteiger partial charge in [-0.3, -0.25) is 4.90 Å². The Kier molecular flexibility index (Phi) is 5.65. The molecule has 0 amide bonds. The molecule has 2 nitrogen and oxygen atoms in total. The van der Waals surface area contributed by atoms with Crippen LogP contribution in [0.15, 0.2) is 11.4 Å². The summed E-state index contributed by atoms with van der Waals surface area (Å²) in [6.45, 7) is 14.0. The van der Waals surface area contributed by atoms with Crippen LogP contribution in [0.2, 0.25) is 0 Å². The Hall–Kier alpha value is -0.380.